The summed E-state index contributed by atoms with van der Waals surface area (Å²) in [5, 5.41) is 12.2. The van der Waals surface area contributed by atoms with Gasteiger partial charge >= 0.3 is 5.97 Å². The van der Waals surface area contributed by atoms with Gasteiger partial charge in [-0.15, -0.1) is 0 Å². The van der Waals surface area contributed by atoms with Gasteiger partial charge in [-0.3, -0.25) is 9.59 Å². The van der Waals surface area contributed by atoms with E-state index in [4.69, 9.17) is 0 Å². The van der Waals surface area contributed by atoms with Crippen LogP contribution in [0.5, 0.6) is 0 Å². The second-order valence-corrected chi connectivity index (χ2v) is 6.59. The third-order valence-corrected chi connectivity index (χ3v) is 4.83. The third-order valence-electron chi connectivity index (χ3n) is 4.83. The second-order valence-electron chi connectivity index (χ2n) is 6.59. The van der Waals surface area contributed by atoms with Crippen LogP contribution in [-0.4, -0.2) is 23.5 Å². The van der Waals surface area contributed by atoms with Crippen LogP contribution < -0.4 is 5.32 Å². The monoisotopic (exact) mass is 287 g/mol. The lowest BCUT2D eigenvalue weighted by Crippen LogP contribution is -2.35. The molecule has 2 saturated carbocycles. The van der Waals surface area contributed by atoms with Gasteiger partial charge in [-0.25, -0.2) is 0 Å². The van der Waals surface area contributed by atoms with Gasteiger partial charge in [-0.2, -0.15) is 0 Å². The molecule has 0 radical (unpaired) electrons. The number of hydrogen-bond donors (Lipinski definition) is 2. The van der Waals surface area contributed by atoms with Crippen molar-refractivity contribution < 1.29 is 14.7 Å². The summed E-state index contributed by atoms with van der Waals surface area (Å²) in [6, 6.07) is 7.86. The lowest BCUT2D eigenvalue weighted by Gasteiger charge is -2.14. The van der Waals surface area contributed by atoms with Crippen LogP contribution in [-0.2, 0) is 16.0 Å². The van der Waals surface area contributed by atoms with Crippen molar-refractivity contribution in [2.24, 2.45) is 17.3 Å². The molecule has 0 saturated heterocycles. The highest BCUT2D eigenvalue weighted by Gasteiger charge is 2.65. The Morgan fingerprint density at radius 3 is 2.76 bits per heavy atom. The Labute approximate surface area is 124 Å². The van der Waals surface area contributed by atoms with Gasteiger partial charge in [0.05, 0.1) is 5.92 Å². The summed E-state index contributed by atoms with van der Waals surface area (Å²) in [4.78, 5) is 23.4. The SMILES string of the molecule is Cc1cccc(CC(CNC(=O)C2CC23CC3)C(=O)O)c1. The largest absolute Gasteiger partial charge is 0.481 e. The van der Waals surface area contributed by atoms with Crippen molar-refractivity contribution in [2.45, 2.75) is 32.6 Å². The van der Waals surface area contributed by atoms with Gasteiger partial charge in [0.1, 0.15) is 0 Å². The number of aryl methyl sites for hydroxylation is 1. The Kier molecular flexibility index (Phi) is 3.47. The zero-order valence-electron chi connectivity index (χ0n) is 12.3. The molecule has 1 aromatic carbocycles. The van der Waals surface area contributed by atoms with E-state index in [0.717, 1.165) is 30.4 Å². The van der Waals surface area contributed by atoms with Crippen LogP contribution in [0.2, 0.25) is 0 Å². The van der Waals surface area contributed by atoms with E-state index in [0.29, 0.717) is 11.8 Å². The Morgan fingerprint density at radius 2 is 2.19 bits per heavy atom. The molecule has 3 rings (SSSR count). The maximum Gasteiger partial charge on any atom is 0.308 e. The fourth-order valence-electron chi connectivity index (χ4n) is 3.15. The second kappa shape index (κ2) is 5.17. The molecule has 2 fully saturated rings. The average molecular weight is 287 g/mol. The summed E-state index contributed by atoms with van der Waals surface area (Å²) < 4.78 is 0. The van der Waals surface area contributed by atoms with E-state index >= 15 is 0 Å². The first kappa shape index (κ1) is 14.1. The van der Waals surface area contributed by atoms with Crippen LogP contribution in [0.25, 0.3) is 0 Å². The molecular formula is C17H21NO3. The number of benzene rings is 1. The molecule has 4 heteroatoms. The topological polar surface area (TPSA) is 66.4 Å². The van der Waals surface area contributed by atoms with Crippen molar-refractivity contribution in [3.8, 4) is 0 Å². The molecule has 2 aliphatic carbocycles. The third kappa shape index (κ3) is 3.09. The molecule has 0 bridgehead atoms. The molecule has 1 amide bonds. The van der Waals surface area contributed by atoms with E-state index in [1.54, 1.807) is 0 Å². The van der Waals surface area contributed by atoms with E-state index in [9.17, 15) is 14.7 Å². The normalized spacial score (nSPS) is 22.6. The lowest BCUT2D eigenvalue weighted by atomic mass is 9.98. The van der Waals surface area contributed by atoms with Gasteiger partial charge in [-0.05, 0) is 43.6 Å². The number of amides is 1. The number of aliphatic carboxylic acids is 1. The molecule has 0 aromatic heterocycles. The van der Waals surface area contributed by atoms with E-state index in [1.807, 2.05) is 31.2 Å². The van der Waals surface area contributed by atoms with Crippen LogP contribution in [0.4, 0.5) is 0 Å². The quantitative estimate of drug-likeness (QED) is 0.842. The summed E-state index contributed by atoms with van der Waals surface area (Å²) in [5.74, 6) is -1.23. The number of rotatable bonds is 6. The van der Waals surface area contributed by atoms with Crippen molar-refractivity contribution in [2.75, 3.05) is 6.54 Å². The van der Waals surface area contributed by atoms with Gasteiger partial charge in [0.25, 0.3) is 0 Å². The zero-order valence-corrected chi connectivity index (χ0v) is 12.3. The van der Waals surface area contributed by atoms with Crippen molar-refractivity contribution >= 4 is 11.9 Å². The fraction of sp³-hybridized carbons (Fsp3) is 0.529. The lowest BCUT2D eigenvalue weighted by molar-refractivity contribution is -0.141. The van der Waals surface area contributed by atoms with Gasteiger partial charge in [0.15, 0.2) is 0 Å². The predicted octanol–water partition coefficient (Wildman–Crippen LogP) is 2.15. The molecule has 2 unspecified atom stereocenters. The van der Waals surface area contributed by atoms with Gasteiger partial charge in [-0.1, -0.05) is 29.8 Å². The minimum atomic E-state index is -0.853. The number of carboxylic acids is 1. The van der Waals surface area contributed by atoms with Crippen LogP contribution in [0.3, 0.4) is 0 Å². The highest BCUT2D eigenvalue weighted by Crippen LogP contribution is 2.70. The maximum atomic E-state index is 12.0. The number of carbonyl (C=O) groups excluding carboxylic acids is 1. The summed E-state index contributed by atoms with van der Waals surface area (Å²) >= 11 is 0. The Bertz CT molecular complexity index is 577. The van der Waals surface area contributed by atoms with Crippen molar-refractivity contribution in [3.63, 3.8) is 0 Å². The Morgan fingerprint density at radius 1 is 1.43 bits per heavy atom. The van der Waals surface area contributed by atoms with Gasteiger partial charge in [0.2, 0.25) is 5.91 Å². The first-order valence-electron chi connectivity index (χ1n) is 7.56. The summed E-state index contributed by atoms with van der Waals surface area (Å²) in [5.41, 5.74) is 2.44. The molecule has 2 N–H and O–H groups in total. The van der Waals surface area contributed by atoms with Gasteiger partial charge < -0.3 is 10.4 Å². The Balaban J connectivity index is 1.54. The summed E-state index contributed by atoms with van der Waals surface area (Å²) in [6.07, 6.45) is 3.77. The molecular weight excluding hydrogens is 266 g/mol. The van der Waals surface area contributed by atoms with E-state index in [1.165, 1.54) is 0 Å². The molecule has 1 aromatic rings. The molecule has 112 valence electrons. The van der Waals surface area contributed by atoms with E-state index < -0.39 is 11.9 Å². The highest BCUT2D eigenvalue weighted by molar-refractivity contribution is 5.84. The highest BCUT2D eigenvalue weighted by atomic mass is 16.4. The van der Waals surface area contributed by atoms with Crippen molar-refractivity contribution in [3.05, 3.63) is 35.4 Å². The number of carboxylic acid groups (broad SMARTS) is 1. The van der Waals surface area contributed by atoms with E-state index in [-0.39, 0.29) is 18.4 Å². The maximum absolute atomic E-state index is 12.0. The minimum absolute atomic E-state index is 0.0444. The molecule has 2 atom stereocenters. The summed E-state index contributed by atoms with van der Waals surface area (Å²) in [7, 11) is 0. The van der Waals surface area contributed by atoms with Crippen LogP contribution >= 0.6 is 0 Å². The molecule has 1 spiro atoms. The van der Waals surface area contributed by atoms with Crippen LogP contribution in [0, 0.1) is 24.2 Å². The summed E-state index contributed by atoms with van der Waals surface area (Å²) in [6.45, 7) is 2.21. The van der Waals surface area contributed by atoms with Crippen molar-refractivity contribution in [1.82, 2.24) is 5.32 Å². The molecule has 21 heavy (non-hydrogen) atoms. The number of hydrogen-bond acceptors (Lipinski definition) is 2. The zero-order chi connectivity index (χ0) is 15.0. The molecule has 2 aliphatic rings. The van der Waals surface area contributed by atoms with Crippen LogP contribution in [0.1, 0.15) is 30.4 Å². The van der Waals surface area contributed by atoms with Crippen LogP contribution in [0.15, 0.2) is 24.3 Å². The van der Waals surface area contributed by atoms with E-state index in [2.05, 4.69) is 5.32 Å². The first-order valence-corrected chi connectivity index (χ1v) is 7.56. The molecule has 4 nitrogen and oxygen atoms in total. The molecule has 0 heterocycles. The smallest absolute Gasteiger partial charge is 0.308 e. The fourth-order valence-corrected chi connectivity index (χ4v) is 3.15. The predicted molar refractivity (Wildman–Crippen MR) is 78.8 cm³/mol. The Hall–Kier alpha value is -1.84. The molecule has 0 aliphatic heterocycles. The number of carbonyl (C=O) groups is 2. The average Bonchev–Trinajstić information content (AvgIpc) is 3.34. The number of nitrogens with one attached hydrogen (secondary N) is 1. The standard InChI is InChI=1S/C17H21NO3/c1-11-3-2-4-12(7-11)8-13(16(20)21)10-18-15(19)14-9-17(14)5-6-17/h2-4,7,13-14H,5-6,8-10H2,1H3,(H,18,19)(H,20,21). The first-order chi connectivity index (χ1) is 10.00. The van der Waals surface area contributed by atoms with Crippen molar-refractivity contribution in [1.29, 1.82) is 0 Å². The van der Waals surface area contributed by atoms with Gasteiger partial charge in [0, 0.05) is 12.5 Å². The minimum Gasteiger partial charge on any atom is -0.481 e.